The molecule has 3 aromatic rings. The first-order valence-electron chi connectivity index (χ1n) is 10.2. The maximum Gasteiger partial charge on any atom is 0.341 e. The Bertz CT molecular complexity index is 1360. The second kappa shape index (κ2) is 8.57. The number of pyridine rings is 2. The minimum Gasteiger partial charge on any atom is -0.477 e. The summed E-state index contributed by atoms with van der Waals surface area (Å²) >= 11 is 0. The topological polar surface area (TPSA) is 111 Å². The van der Waals surface area contributed by atoms with E-state index < -0.39 is 34.4 Å². The molecule has 12 heteroatoms. The maximum absolute atomic E-state index is 15.2. The van der Waals surface area contributed by atoms with E-state index in [4.69, 9.17) is 10.5 Å². The van der Waals surface area contributed by atoms with E-state index in [9.17, 15) is 23.5 Å². The smallest absolute Gasteiger partial charge is 0.341 e. The Kier molecular flexibility index (Phi) is 6.05. The normalized spacial score (nSPS) is 21.9. The van der Waals surface area contributed by atoms with Crippen molar-refractivity contribution in [2.24, 2.45) is 11.1 Å². The lowest BCUT2D eigenvalue weighted by atomic mass is 9.83. The molecule has 5 rings (SSSR count). The van der Waals surface area contributed by atoms with Crippen LogP contribution in [0.5, 0.6) is 0 Å². The van der Waals surface area contributed by atoms with E-state index in [0.29, 0.717) is 38.8 Å². The van der Waals surface area contributed by atoms with Gasteiger partial charge in [0.1, 0.15) is 17.2 Å². The van der Waals surface area contributed by atoms with Crippen molar-refractivity contribution in [3.63, 3.8) is 0 Å². The van der Waals surface area contributed by atoms with E-state index in [1.807, 2.05) is 0 Å². The summed E-state index contributed by atoms with van der Waals surface area (Å²) in [6, 6.07) is 3.29. The number of nitrogens with two attached hydrogens (primary N) is 1. The number of carboxylic acid groups (broad SMARTS) is 1. The summed E-state index contributed by atoms with van der Waals surface area (Å²) in [5.74, 6) is -4.35. The molecule has 180 valence electrons. The van der Waals surface area contributed by atoms with Gasteiger partial charge in [0, 0.05) is 43.4 Å². The molecule has 1 spiro atoms. The second-order valence-corrected chi connectivity index (χ2v) is 8.46. The molecule has 8 nitrogen and oxygen atoms in total. The van der Waals surface area contributed by atoms with Crippen molar-refractivity contribution in [1.29, 1.82) is 0 Å². The third-order valence-corrected chi connectivity index (χ3v) is 6.46. The van der Waals surface area contributed by atoms with Crippen LogP contribution < -0.4 is 16.1 Å². The van der Waals surface area contributed by atoms with Crippen LogP contribution in [0.1, 0.15) is 16.8 Å². The molecule has 2 aromatic heterocycles. The highest BCUT2D eigenvalue weighted by Gasteiger charge is 2.48. The fourth-order valence-electron chi connectivity index (χ4n) is 4.64. The van der Waals surface area contributed by atoms with Gasteiger partial charge in [-0.05, 0) is 24.6 Å². The molecule has 2 saturated heterocycles. The molecular formula is C22H20ClF3N4O4. The van der Waals surface area contributed by atoms with Crippen LogP contribution in [0.25, 0.3) is 16.7 Å². The number of halogens is 4. The van der Waals surface area contributed by atoms with Crippen LogP contribution in [0.4, 0.5) is 19.0 Å². The zero-order valence-corrected chi connectivity index (χ0v) is 18.4. The number of carboxylic acids is 1. The van der Waals surface area contributed by atoms with Gasteiger partial charge in [-0.1, -0.05) is 0 Å². The standard InChI is InChI=1S/C22H19F3N4O4.ClH/c23-11-1-2-16(14(24)5-11)29-7-13(21(31)32)18(30)12-6-15(25)20(27-19(12)29)28-8-17(26)22(9-28)3-4-33-10-22;/h1-2,5-7,17H,3-4,8-10,26H2,(H,31,32);1H/t17-,22+;/m1./s1. The summed E-state index contributed by atoms with van der Waals surface area (Å²) < 4.78 is 49.7. The van der Waals surface area contributed by atoms with E-state index >= 15 is 4.39 Å². The molecule has 3 N–H and O–H groups in total. The quantitative estimate of drug-likeness (QED) is 0.573. The highest BCUT2D eigenvalue weighted by Crippen LogP contribution is 2.40. The minimum absolute atomic E-state index is 0. The molecule has 0 saturated carbocycles. The van der Waals surface area contributed by atoms with Crippen molar-refractivity contribution >= 4 is 35.2 Å². The lowest BCUT2D eigenvalue weighted by molar-refractivity contribution is 0.0695. The van der Waals surface area contributed by atoms with Crippen molar-refractivity contribution in [2.45, 2.75) is 12.5 Å². The van der Waals surface area contributed by atoms with Gasteiger partial charge in [0.25, 0.3) is 0 Å². The average Bonchev–Trinajstić information content (AvgIpc) is 3.36. The Morgan fingerprint density at radius 1 is 1.24 bits per heavy atom. The van der Waals surface area contributed by atoms with E-state index in [1.165, 1.54) is 0 Å². The van der Waals surface area contributed by atoms with Crippen LogP contribution >= 0.6 is 12.4 Å². The Balaban J connectivity index is 0.00000274. The van der Waals surface area contributed by atoms with Gasteiger partial charge in [-0.25, -0.2) is 22.9 Å². The summed E-state index contributed by atoms with van der Waals surface area (Å²) in [5, 5.41) is 9.09. The fraction of sp³-hybridized carbons (Fsp3) is 0.318. The van der Waals surface area contributed by atoms with Crippen molar-refractivity contribution in [3.8, 4) is 5.69 Å². The van der Waals surface area contributed by atoms with E-state index in [2.05, 4.69) is 4.98 Å². The summed E-state index contributed by atoms with van der Waals surface area (Å²) in [5.41, 5.74) is 3.90. The van der Waals surface area contributed by atoms with Gasteiger partial charge in [-0.3, -0.25) is 9.36 Å². The van der Waals surface area contributed by atoms with Gasteiger partial charge in [0.15, 0.2) is 17.3 Å². The molecule has 2 aliphatic heterocycles. The first-order valence-corrected chi connectivity index (χ1v) is 10.2. The Morgan fingerprint density at radius 3 is 2.65 bits per heavy atom. The van der Waals surface area contributed by atoms with Gasteiger partial charge >= 0.3 is 5.97 Å². The number of hydrogen-bond donors (Lipinski definition) is 2. The second-order valence-electron chi connectivity index (χ2n) is 8.46. The molecule has 2 fully saturated rings. The van der Waals surface area contributed by atoms with Gasteiger partial charge < -0.3 is 20.5 Å². The Hall–Kier alpha value is -3.15. The molecule has 1 aromatic carbocycles. The van der Waals surface area contributed by atoms with E-state index in [0.717, 1.165) is 29.0 Å². The lowest BCUT2D eigenvalue weighted by Crippen LogP contribution is -2.40. The monoisotopic (exact) mass is 496 g/mol. The number of fused-ring (bicyclic) bond motifs is 1. The fourth-order valence-corrected chi connectivity index (χ4v) is 4.64. The largest absolute Gasteiger partial charge is 0.477 e. The number of nitrogens with zero attached hydrogens (tertiary/aromatic N) is 3. The number of ether oxygens (including phenoxy) is 1. The Labute approximate surface area is 197 Å². The molecular weight excluding hydrogens is 477 g/mol. The molecule has 0 bridgehead atoms. The molecule has 0 amide bonds. The molecule has 0 aliphatic carbocycles. The predicted molar refractivity (Wildman–Crippen MR) is 119 cm³/mol. The summed E-state index contributed by atoms with van der Waals surface area (Å²) in [6.45, 7) is 1.66. The summed E-state index contributed by atoms with van der Waals surface area (Å²) in [4.78, 5) is 30.3. The minimum atomic E-state index is -1.57. The van der Waals surface area contributed by atoms with Gasteiger partial charge in [-0.15, -0.1) is 12.4 Å². The number of hydrogen-bond acceptors (Lipinski definition) is 6. The van der Waals surface area contributed by atoms with Crippen LogP contribution in [-0.2, 0) is 4.74 Å². The third-order valence-electron chi connectivity index (χ3n) is 6.46. The van der Waals surface area contributed by atoms with Gasteiger partial charge in [-0.2, -0.15) is 0 Å². The first-order chi connectivity index (χ1) is 15.7. The number of benzene rings is 1. The van der Waals surface area contributed by atoms with Crippen LogP contribution in [-0.4, -0.2) is 53.0 Å². The number of aromatic carboxylic acids is 1. The maximum atomic E-state index is 15.2. The van der Waals surface area contributed by atoms with Crippen LogP contribution in [0.3, 0.4) is 0 Å². The van der Waals surface area contributed by atoms with Gasteiger partial charge in [0.2, 0.25) is 5.43 Å². The van der Waals surface area contributed by atoms with Crippen LogP contribution in [0.2, 0.25) is 0 Å². The van der Waals surface area contributed by atoms with Crippen LogP contribution in [0, 0.1) is 22.9 Å². The van der Waals surface area contributed by atoms with Crippen molar-refractivity contribution in [3.05, 3.63) is 63.7 Å². The van der Waals surface area contributed by atoms with E-state index in [-0.39, 0.29) is 46.4 Å². The van der Waals surface area contributed by atoms with E-state index in [1.54, 1.807) is 4.90 Å². The van der Waals surface area contributed by atoms with Crippen molar-refractivity contribution in [1.82, 2.24) is 9.55 Å². The molecule has 2 atom stereocenters. The average molecular weight is 497 g/mol. The highest BCUT2D eigenvalue weighted by molar-refractivity contribution is 5.92. The number of carbonyl (C=O) groups is 1. The molecule has 0 unspecified atom stereocenters. The highest BCUT2D eigenvalue weighted by atomic mass is 35.5. The zero-order valence-electron chi connectivity index (χ0n) is 17.6. The van der Waals surface area contributed by atoms with Gasteiger partial charge in [0.05, 0.1) is 17.7 Å². The van der Waals surface area contributed by atoms with Crippen LogP contribution in [0.15, 0.2) is 35.3 Å². The van der Waals surface area contributed by atoms with Crippen molar-refractivity contribution < 1.29 is 27.8 Å². The number of rotatable bonds is 3. The first kappa shape index (κ1) is 24.0. The molecule has 0 radical (unpaired) electrons. The van der Waals surface area contributed by atoms with Crippen molar-refractivity contribution in [2.75, 3.05) is 31.2 Å². The Morgan fingerprint density at radius 2 is 2.00 bits per heavy atom. The summed E-state index contributed by atoms with van der Waals surface area (Å²) in [7, 11) is 0. The SMILES string of the molecule is Cl.N[C@@H]1CN(c2nc3c(cc2F)c(=O)c(C(=O)O)cn3-c2ccc(F)cc2F)C[C@]12CCOC2. The lowest BCUT2D eigenvalue weighted by Gasteiger charge is -2.25. The molecule has 2 aliphatic rings. The molecule has 4 heterocycles. The predicted octanol–water partition coefficient (Wildman–Crippen LogP) is 2.48. The zero-order chi connectivity index (χ0) is 23.5. The number of aromatic nitrogens is 2. The third kappa shape index (κ3) is 3.69. The number of anilines is 1. The molecule has 34 heavy (non-hydrogen) atoms. The summed E-state index contributed by atoms with van der Waals surface area (Å²) in [6.07, 6.45) is 1.62.